The van der Waals surface area contributed by atoms with Crippen LogP contribution in [0.5, 0.6) is 5.75 Å². The molecule has 2 heterocycles. The number of amides is 1. The summed E-state index contributed by atoms with van der Waals surface area (Å²) in [7, 11) is 6.42. The van der Waals surface area contributed by atoms with Crippen LogP contribution in [0.4, 0.5) is 5.69 Å². The van der Waals surface area contributed by atoms with Gasteiger partial charge in [-0.15, -0.1) is 0 Å². The van der Waals surface area contributed by atoms with Crippen molar-refractivity contribution in [1.82, 2.24) is 9.80 Å². The molecular formula is C33H39N7O7. The molecule has 2 saturated carbocycles. The molecule has 0 radical (unpaired) electrons. The van der Waals surface area contributed by atoms with E-state index in [-0.39, 0.29) is 17.5 Å². The number of ketones is 4. The molecule has 4 aliphatic rings. The predicted molar refractivity (Wildman–Crippen MR) is 168 cm³/mol. The van der Waals surface area contributed by atoms with Gasteiger partial charge in [0.25, 0.3) is 0 Å². The van der Waals surface area contributed by atoms with Gasteiger partial charge in [0.1, 0.15) is 23.2 Å². The topological polar surface area (TPSA) is 230 Å². The number of furan rings is 1. The van der Waals surface area contributed by atoms with E-state index < -0.39 is 75.6 Å². The maximum Gasteiger partial charge on any atom is 0.235 e. The lowest BCUT2D eigenvalue weighted by atomic mass is 9.42. The number of anilines is 1. The van der Waals surface area contributed by atoms with E-state index in [9.17, 15) is 34.3 Å². The Balaban J connectivity index is 1.52. The molecule has 7 N–H and O–H groups in total. The van der Waals surface area contributed by atoms with Crippen molar-refractivity contribution in [2.75, 3.05) is 46.2 Å². The monoisotopic (exact) mass is 645 g/mol. The van der Waals surface area contributed by atoms with E-state index in [1.807, 2.05) is 6.07 Å². The average molecular weight is 646 g/mol. The van der Waals surface area contributed by atoms with Crippen LogP contribution in [0.3, 0.4) is 0 Å². The molecule has 0 spiro atoms. The molecule has 6 atom stereocenters. The summed E-state index contributed by atoms with van der Waals surface area (Å²) in [6.45, 7) is 2.50. The molecule has 14 nitrogen and oxygen atoms in total. The molecule has 3 aliphatic carbocycles. The smallest absolute Gasteiger partial charge is 0.235 e. The van der Waals surface area contributed by atoms with Crippen molar-refractivity contribution in [2.45, 2.75) is 49.3 Å². The minimum absolute atomic E-state index is 0.160. The second-order valence-electron chi connectivity index (χ2n) is 13.9. The van der Waals surface area contributed by atoms with Crippen LogP contribution in [0.25, 0.3) is 11.3 Å². The van der Waals surface area contributed by atoms with E-state index in [4.69, 9.17) is 21.6 Å². The summed E-state index contributed by atoms with van der Waals surface area (Å²) in [6.07, 6.45) is 1.57. The van der Waals surface area contributed by atoms with Crippen LogP contribution in [-0.2, 0) is 32.1 Å². The van der Waals surface area contributed by atoms with E-state index >= 15 is 0 Å². The number of fused-ring (bicyclic) bond motifs is 3. The van der Waals surface area contributed by atoms with Gasteiger partial charge >= 0.3 is 0 Å². The van der Waals surface area contributed by atoms with Gasteiger partial charge in [-0.2, -0.15) is 5.26 Å². The van der Waals surface area contributed by atoms with E-state index in [1.165, 1.54) is 19.0 Å². The van der Waals surface area contributed by atoms with Gasteiger partial charge in [0.05, 0.1) is 35.3 Å². The maximum absolute atomic E-state index is 14.7. The number of aromatic hydroxyl groups is 1. The van der Waals surface area contributed by atoms with Crippen LogP contribution < -0.4 is 22.1 Å². The Bertz CT molecular complexity index is 1790. The van der Waals surface area contributed by atoms with Gasteiger partial charge in [-0.05, 0) is 76.6 Å². The molecule has 6 rings (SSSR count). The zero-order valence-electron chi connectivity index (χ0n) is 26.8. The minimum atomic E-state index is -2.81. The molecule has 3 fully saturated rings. The lowest BCUT2D eigenvalue weighted by molar-refractivity contribution is -0.166. The zero-order chi connectivity index (χ0) is 34.4. The van der Waals surface area contributed by atoms with E-state index in [0.717, 1.165) is 25.9 Å². The van der Waals surface area contributed by atoms with Crippen LogP contribution in [0.2, 0.25) is 0 Å². The molecule has 1 amide bonds. The Labute approximate surface area is 271 Å². The summed E-state index contributed by atoms with van der Waals surface area (Å²) in [5.74, 6) is -9.15. The Morgan fingerprint density at radius 2 is 1.77 bits per heavy atom. The number of Topliss-reactive ketones (excluding diaryl/α,β-unsaturated/α-hetero) is 4. The van der Waals surface area contributed by atoms with Crippen molar-refractivity contribution in [2.24, 2.45) is 34.5 Å². The van der Waals surface area contributed by atoms with Crippen LogP contribution in [0.1, 0.15) is 40.9 Å². The molecule has 0 bridgehead atoms. The number of likely N-dealkylation sites (N-methyl/N-ethyl adjacent to an activating group) is 1. The Morgan fingerprint density at radius 3 is 2.34 bits per heavy atom. The first kappa shape index (κ1) is 32.5. The van der Waals surface area contributed by atoms with E-state index in [1.54, 1.807) is 37.2 Å². The lowest BCUT2D eigenvalue weighted by Crippen LogP contribution is -2.85. The zero-order valence-corrected chi connectivity index (χ0v) is 26.8. The number of hydrogen-bond acceptors (Lipinski definition) is 13. The summed E-state index contributed by atoms with van der Waals surface area (Å²) < 4.78 is 6.12. The summed E-state index contributed by atoms with van der Waals surface area (Å²) in [4.78, 5) is 74.6. The normalized spacial score (nSPS) is 32.2. The molecular weight excluding hydrogens is 606 g/mol. The highest BCUT2D eigenvalue weighted by Crippen LogP contribution is 2.57. The van der Waals surface area contributed by atoms with Gasteiger partial charge in [0.15, 0.2) is 34.5 Å². The molecule has 2 aromatic rings. The SMILES string of the molecule is CN(C)c1cc(-c2ccc(CN3CCCC3)o2)c(O)c2c1C[C@@]1(N)C[C@@]3(N)[C@H](N(C)C)C(=O)C(C(N)=O)C(=O)[C@@]3(C#N)C(=O)C1C2=O. The number of nitriles is 1. The van der Waals surface area contributed by atoms with Crippen LogP contribution in [-0.4, -0.2) is 102 Å². The fraction of sp³-hybridized carbons (Fsp3) is 0.515. The van der Waals surface area contributed by atoms with Gasteiger partial charge in [-0.1, -0.05) is 0 Å². The second-order valence-corrected chi connectivity index (χ2v) is 13.9. The largest absolute Gasteiger partial charge is 0.506 e. The molecule has 248 valence electrons. The third-order valence-electron chi connectivity index (χ3n) is 10.6. The lowest BCUT2D eigenvalue weighted by Gasteiger charge is -2.60. The van der Waals surface area contributed by atoms with Crippen molar-refractivity contribution in [1.29, 1.82) is 5.26 Å². The van der Waals surface area contributed by atoms with E-state index in [0.29, 0.717) is 29.3 Å². The third-order valence-corrected chi connectivity index (χ3v) is 10.6. The van der Waals surface area contributed by atoms with Crippen molar-refractivity contribution in [3.05, 3.63) is 35.1 Å². The number of phenols is 1. The average Bonchev–Trinajstić information content (AvgIpc) is 3.64. The Morgan fingerprint density at radius 1 is 1.11 bits per heavy atom. The number of primary amides is 1. The number of carbonyl (C=O) groups is 5. The van der Waals surface area contributed by atoms with Gasteiger partial charge in [-0.25, -0.2) is 0 Å². The number of rotatable bonds is 6. The molecule has 1 saturated heterocycles. The van der Waals surface area contributed by atoms with Crippen molar-refractivity contribution in [3.63, 3.8) is 0 Å². The number of nitrogens with two attached hydrogens (primary N) is 3. The molecule has 14 heteroatoms. The first-order chi connectivity index (χ1) is 22.0. The quantitative estimate of drug-likeness (QED) is 0.297. The fourth-order valence-corrected chi connectivity index (χ4v) is 8.61. The molecule has 47 heavy (non-hydrogen) atoms. The van der Waals surface area contributed by atoms with Crippen LogP contribution in [0, 0.1) is 28.6 Å². The molecule has 1 aromatic heterocycles. The summed E-state index contributed by atoms with van der Waals surface area (Å²) in [5, 5.41) is 22.3. The first-order valence-corrected chi connectivity index (χ1v) is 15.5. The highest BCUT2D eigenvalue weighted by molar-refractivity contribution is 6.33. The number of phenolic OH excluding ortho intramolecular Hbond substituents is 1. The number of carbonyl (C=O) groups excluding carboxylic acids is 5. The van der Waals surface area contributed by atoms with Gasteiger partial charge in [0, 0.05) is 25.3 Å². The van der Waals surface area contributed by atoms with E-state index in [2.05, 4.69) is 4.90 Å². The molecule has 2 unspecified atom stereocenters. The first-order valence-electron chi connectivity index (χ1n) is 15.5. The van der Waals surface area contributed by atoms with Crippen molar-refractivity contribution < 1.29 is 33.5 Å². The number of likely N-dealkylation sites (tertiary alicyclic amines) is 1. The summed E-state index contributed by atoms with van der Waals surface area (Å²) in [6, 6.07) is 5.45. The Kier molecular flexibility index (Phi) is 7.48. The predicted octanol–water partition coefficient (Wildman–Crippen LogP) is -0.270. The number of benzene rings is 1. The van der Waals surface area contributed by atoms with Gasteiger partial charge < -0.3 is 31.6 Å². The van der Waals surface area contributed by atoms with Crippen LogP contribution >= 0.6 is 0 Å². The Hall–Kier alpha value is -4.42. The standard InChI is InChI=1S/C33H39N7O7/c1-38(2)19-11-17(20-8-7-16(47-20)13-40-9-5-6-10-40)24(41)21-18(19)12-31(36)14-33(37)27(39(3)4)26(43)22(30(35)46)28(44)32(33,15-34)29(45)23(31)25(21)42/h7-8,11,22-23,27,41H,5-6,9-10,12-14,36-37H2,1-4H3,(H2,35,46)/t22?,23?,27-,31-,32+,33-/m1/s1. The third kappa shape index (κ3) is 4.34. The summed E-state index contributed by atoms with van der Waals surface area (Å²) in [5.41, 5.74) is 13.4. The maximum atomic E-state index is 14.7. The van der Waals surface area contributed by atoms with Crippen LogP contribution in [0.15, 0.2) is 22.6 Å². The molecule has 1 aliphatic heterocycles. The fourth-order valence-electron chi connectivity index (χ4n) is 8.61. The van der Waals surface area contributed by atoms with Gasteiger partial charge in [-0.3, -0.25) is 33.8 Å². The van der Waals surface area contributed by atoms with Gasteiger partial charge in [0.2, 0.25) is 5.91 Å². The highest BCUT2D eigenvalue weighted by Gasteiger charge is 2.78. The number of hydrogen-bond donors (Lipinski definition) is 4. The summed E-state index contributed by atoms with van der Waals surface area (Å²) >= 11 is 0. The second kappa shape index (κ2) is 10.8. The highest BCUT2D eigenvalue weighted by atomic mass is 16.3. The minimum Gasteiger partial charge on any atom is -0.506 e. The van der Waals surface area contributed by atoms with Crippen molar-refractivity contribution in [3.8, 4) is 23.1 Å². The molecule has 1 aromatic carbocycles. The number of nitrogens with zero attached hydrogens (tertiary/aromatic N) is 4. The van der Waals surface area contributed by atoms with Crippen molar-refractivity contribution >= 4 is 34.7 Å².